The third-order valence-electron chi connectivity index (χ3n) is 3.04. The highest BCUT2D eigenvalue weighted by molar-refractivity contribution is 7.10. The molecule has 104 valence electrons. The Labute approximate surface area is 123 Å². The molecule has 0 bridgehead atoms. The van der Waals surface area contributed by atoms with Crippen LogP contribution in [0.1, 0.15) is 22.7 Å². The van der Waals surface area contributed by atoms with Crippen LogP contribution in [-0.2, 0) is 11.2 Å². The van der Waals surface area contributed by atoms with Crippen LogP contribution in [0.5, 0.6) is 0 Å². The summed E-state index contributed by atoms with van der Waals surface area (Å²) in [5.74, 6) is 0.538. The molecule has 2 aromatic rings. The second-order valence-corrected chi connectivity index (χ2v) is 6.83. The molecule has 0 amide bonds. The number of ether oxygens (including phenoxy) is 1. The van der Waals surface area contributed by atoms with Crippen LogP contribution in [-0.4, -0.2) is 20.3 Å². The largest absolute Gasteiger partial charge is 0.384 e. The molecule has 0 spiro atoms. The lowest BCUT2D eigenvalue weighted by molar-refractivity contribution is 0.157. The van der Waals surface area contributed by atoms with Crippen molar-refractivity contribution < 1.29 is 4.74 Å². The third-order valence-corrected chi connectivity index (χ3v) is 4.92. The topological polar surface area (TPSA) is 21.3 Å². The summed E-state index contributed by atoms with van der Waals surface area (Å²) in [6, 6.07) is 9.10. The molecule has 0 radical (unpaired) electrons. The first-order chi connectivity index (χ1) is 9.29. The van der Waals surface area contributed by atoms with Gasteiger partial charge in [-0.3, -0.25) is 0 Å². The second-order valence-electron chi connectivity index (χ2n) is 4.82. The van der Waals surface area contributed by atoms with Gasteiger partial charge in [0.05, 0.1) is 0 Å². The van der Waals surface area contributed by atoms with Crippen molar-refractivity contribution in [3.05, 3.63) is 44.8 Å². The van der Waals surface area contributed by atoms with E-state index in [1.54, 1.807) is 7.11 Å². The van der Waals surface area contributed by atoms with E-state index < -0.39 is 0 Å². The van der Waals surface area contributed by atoms with Crippen molar-refractivity contribution in [1.82, 2.24) is 5.32 Å². The summed E-state index contributed by atoms with van der Waals surface area (Å²) in [5.41, 5.74) is 0. The molecule has 2 atom stereocenters. The van der Waals surface area contributed by atoms with E-state index >= 15 is 0 Å². The zero-order valence-corrected chi connectivity index (χ0v) is 13.1. The Bertz CT molecular complexity index is 439. The van der Waals surface area contributed by atoms with Crippen molar-refractivity contribution in [2.24, 2.45) is 5.92 Å². The molecular weight excluding hydrogens is 274 g/mol. The Morgan fingerprint density at radius 2 is 2.00 bits per heavy atom. The molecule has 0 saturated carbocycles. The van der Waals surface area contributed by atoms with Gasteiger partial charge in [-0.2, -0.15) is 0 Å². The summed E-state index contributed by atoms with van der Waals surface area (Å²) in [4.78, 5) is 2.85. The third kappa shape index (κ3) is 4.73. The van der Waals surface area contributed by atoms with Crippen LogP contribution >= 0.6 is 22.7 Å². The predicted molar refractivity (Wildman–Crippen MR) is 84.1 cm³/mol. The van der Waals surface area contributed by atoms with E-state index in [1.165, 1.54) is 9.75 Å². The molecule has 19 heavy (non-hydrogen) atoms. The molecular formula is C15H21NOS2. The fraction of sp³-hybridized carbons (Fsp3) is 0.467. The quantitative estimate of drug-likeness (QED) is 0.796. The molecule has 0 aliphatic rings. The Balaban J connectivity index is 1.95. The smallest absolute Gasteiger partial charge is 0.0499 e. The van der Waals surface area contributed by atoms with Gasteiger partial charge in [0.15, 0.2) is 0 Å². The molecule has 4 heteroatoms. The zero-order chi connectivity index (χ0) is 13.5. The van der Waals surface area contributed by atoms with Crippen molar-refractivity contribution in [3.63, 3.8) is 0 Å². The first-order valence-corrected chi connectivity index (χ1v) is 8.33. The van der Waals surface area contributed by atoms with Gasteiger partial charge in [0.1, 0.15) is 0 Å². The lowest BCUT2D eigenvalue weighted by Crippen LogP contribution is -2.28. The number of nitrogens with one attached hydrogen (secondary N) is 1. The molecule has 0 aromatic carbocycles. The van der Waals surface area contributed by atoms with Crippen LogP contribution in [0.2, 0.25) is 0 Å². The normalized spacial score (nSPS) is 14.4. The van der Waals surface area contributed by atoms with Gasteiger partial charge in [0.2, 0.25) is 0 Å². The fourth-order valence-electron chi connectivity index (χ4n) is 2.08. The number of hydrogen-bond donors (Lipinski definition) is 1. The van der Waals surface area contributed by atoms with E-state index in [0.29, 0.717) is 12.0 Å². The van der Waals surface area contributed by atoms with Gasteiger partial charge >= 0.3 is 0 Å². The average Bonchev–Trinajstić information content (AvgIpc) is 3.07. The summed E-state index contributed by atoms with van der Waals surface area (Å²) in [6.07, 6.45) is 1.07. The van der Waals surface area contributed by atoms with Crippen LogP contribution < -0.4 is 5.32 Å². The molecule has 2 rings (SSSR count). The highest BCUT2D eigenvalue weighted by Crippen LogP contribution is 2.25. The van der Waals surface area contributed by atoms with E-state index in [1.807, 2.05) is 22.7 Å². The summed E-state index contributed by atoms with van der Waals surface area (Å²) >= 11 is 3.66. The molecule has 0 aliphatic carbocycles. The Morgan fingerprint density at radius 1 is 1.21 bits per heavy atom. The number of methoxy groups -OCH3 is 1. The van der Waals surface area contributed by atoms with E-state index in [0.717, 1.165) is 19.6 Å². The van der Waals surface area contributed by atoms with Crippen LogP contribution in [0, 0.1) is 5.92 Å². The lowest BCUT2D eigenvalue weighted by atomic mass is 10.1. The first-order valence-electron chi connectivity index (χ1n) is 6.57. The Kier molecular flexibility index (Phi) is 6.04. The van der Waals surface area contributed by atoms with Crippen molar-refractivity contribution >= 4 is 22.7 Å². The van der Waals surface area contributed by atoms with Gasteiger partial charge in [0, 0.05) is 42.5 Å². The molecule has 0 saturated heterocycles. The lowest BCUT2D eigenvalue weighted by Gasteiger charge is -2.19. The van der Waals surface area contributed by atoms with Gasteiger partial charge in [-0.05, 0) is 28.8 Å². The van der Waals surface area contributed by atoms with E-state index in [4.69, 9.17) is 4.74 Å². The van der Waals surface area contributed by atoms with Crippen LogP contribution in [0.15, 0.2) is 35.0 Å². The van der Waals surface area contributed by atoms with Gasteiger partial charge < -0.3 is 10.1 Å². The maximum Gasteiger partial charge on any atom is 0.0499 e. The SMILES string of the molecule is COCC(C)CNC(Cc1cccs1)c1cccs1. The molecule has 2 nitrogen and oxygen atoms in total. The van der Waals surface area contributed by atoms with E-state index in [-0.39, 0.29) is 0 Å². The molecule has 1 N–H and O–H groups in total. The number of hydrogen-bond acceptors (Lipinski definition) is 4. The monoisotopic (exact) mass is 295 g/mol. The van der Waals surface area contributed by atoms with Gasteiger partial charge in [0.25, 0.3) is 0 Å². The summed E-state index contributed by atoms with van der Waals surface area (Å²) in [5, 5.41) is 7.98. The van der Waals surface area contributed by atoms with Crippen molar-refractivity contribution in [2.75, 3.05) is 20.3 Å². The van der Waals surface area contributed by atoms with Crippen molar-refractivity contribution in [1.29, 1.82) is 0 Å². The van der Waals surface area contributed by atoms with Crippen LogP contribution in [0.4, 0.5) is 0 Å². The highest BCUT2D eigenvalue weighted by Gasteiger charge is 2.14. The second kappa shape index (κ2) is 7.80. The van der Waals surface area contributed by atoms with Crippen LogP contribution in [0.3, 0.4) is 0 Å². The highest BCUT2D eigenvalue weighted by atomic mass is 32.1. The summed E-state index contributed by atoms with van der Waals surface area (Å²) in [7, 11) is 1.76. The minimum Gasteiger partial charge on any atom is -0.384 e. The van der Waals surface area contributed by atoms with E-state index in [9.17, 15) is 0 Å². The molecule has 0 aliphatic heterocycles. The minimum atomic E-state index is 0.415. The molecule has 0 fully saturated rings. The summed E-state index contributed by atoms with van der Waals surface area (Å²) < 4.78 is 5.20. The number of thiophene rings is 2. The van der Waals surface area contributed by atoms with Crippen LogP contribution in [0.25, 0.3) is 0 Å². The van der Waals surface area contributed by atoms with Crippen molar-refractivity contribution in [3.8, 4) is 0 Å². The maximum atomic E-state index is 5.20. The molecule has 2 aromatic heterocycles. The summed E-state index contributed by atoms with van der Waals surface area (Å²) in [6.45, 7) is 4.01. The van der Waals surface area contributed by atoms with Gasteiger partial charge in [-0.15, -0.1) is 22.7 Å². The predicted octanol–water partition coefficient (Wildman–Crippen LogP) is 3.97. The molecule has 2 heterocycles. The Hall–Kier alpha value is -0.680. The fourth-order valence-corrected chi connectivity index (χ4v) is 3.63. The van der Waals surface area contributed by atoms with Gasteiger partial charge in [-0.1, -0.05) is 19.1 Å². The molecule has 2 unspecified atom stereocenters. The zero-order valence-electron chi connectivity index (χ0n) is 11.5. The number of rotatable bonds is 8. The maximum absolute atomic E-state index is 5.20. The van der Waals surface area contributed by atoms with Gasteiger partial charge in [-0.25, -0.2) is 0 Å². The Morgan fingerprint density at radius 3 is 2.63 bits per heavy atom. The average molecular weight is 295 g/mol. The standard InChI is InChI=1S/C15H21NOS2/c1-12(11-17-2)10-16-14(15-6-4-8-19-15)9-13-5-3-7-18-13/h3-8,12,14,16H,9-11H2,1-2H3. The minimum absolute atomic E-state index is 0.415. The van der Waals surface area contributed by atoms with E-state index in [2.05, 4.69) is 47.3 Å². The first kappa shape index (κ1) is 14.7. The van der Waals surface area contributed by atoms with Crippen molar-refractivity contribution in [2.45, 2.75) is 19.4 Å².